The molecule has 0 aromatic carbocycles. The SMILES string of the molecule is CC(C)C[C@@H](C(=O)NC(C(=O)Nc1ccccn1)C(C)(C)C)C(O)C(=O)NO. The maximum absolute atomic E-state index is 12.8. The molecule has 0 saturated carbocycles. The number of nitrogens with zero attached hydrogens (tertiary/aromatic N) is 1. The molecule has 0 aliphatic rings. The number of nitrogens with one attached hydrogen (secondary N) is 3. The van der Waals surface area contributed by atoms with Gasteiger partial charge in [0.15, 0.2) is 0 Å². The number of hydrogen-bond donors (Lipinski definition) is 5. The van der Waals surface area contributed by atoms with E-state index in [2.05, 4.69) is 15.6 Å². The third-order valence-corrected chi connectivity index (χ3v) is 4.15. The van der Waals surface area contributed by atoms with Gasteiger partial charge in [-0.3, -0.25) is 19.6 Å². The zero-order chi connectivity index (χ0) is 21.5. The van der Waals surface area contributed by atoms with Gasteiger partial charge in [-0.2, -0.15) is 0 Å². The van der Waals surface area contributed by atoms with Crippen molar-refractivity contribution < 1.29 is 24.7 Å². The molecule has 1 rings (SSSR count). The Labute approximate surface area is 164 Å². The summed E-state index contributed by atoms with van der Waals surface area (Å²) in [6.45, 7) is 9.01. The van der Waals surface area contributed by atoms with E-state index in [1.54, 1.807) is 39.0 Å². The molecule has 0 aliphatic heterocycles. The first-order chi connectivity index (χ1) is 13.0. The zero-order valence-corrected chi connectivity index (χ0v) is 16.9. The number of hydroxylamine groups is 1. The van der Waals surface area contributed by atoms with Crippen LogP contribution in [0.4, 0.5) is 5.82 Å². The second-order valence-electron chi connectivity index (χ2n) is 8.17. The van der Waals surface area contributed by atoms with Crippen molar-refractivity contribution in [1.82, 2.24) is 15.8 Å². The summed E-state index contributed by atoms with van der Waals surface area (Å²) in [5, 5.41) is 24.2. The molecule has 1 heterocycles. The summed E-state index contributed by atoms with van der Waals surface area (Å²) in [6, 6.07) is 4.11. The predicted octanol–water partition coefficient (Wildman–Crippen LogP) is 1.08. The Balaban J connectivity index is 3.03. The summed E-state index contributed by atoms with van der Waals surface area (Å²) in [7, 11) is 0. The second-order valence-corrected chi connectivity index (χ2v) is 8.17. The number of pyridine rings is 1. The molecule has 0 spiro atoms. The first-order valence-corrected chi connectivity index (χ1v) is 9.11. The van der Waals surface area contributed by atoms with Gasteiger partial charge in [0.25, 0.3) is 5.91 Å². The number of carbonyl (C=O) groups is 3. The van der Waals surface area contributed by atoms with Gasteiger partial charge in [-0.25, -0.2) is 10.5 Å². The Morgan fingerprint density at radius 1 is 1.11 bits per heavy atom. The fourth-order valence-electron chi connectivity index (χ4n) is 2.70. The molecule has 3 amide bonds. The molecule has 0 bridgehead atoms. The van der Waals surface area contributed by atoms with Crippen LogP contribution < -0.4 is 16.1 Å². The van der Waals surface area contributed by atoms with E-state index in [9.17, 15) is 19.5 Å². The first kappa shape index (κ1) is 23.5. The number of anilines is 1. The summed E-state index contributed by atoms with van der Waals surface area (Å²) >= 11 is 0. The van der Waals surface area contributed by atoms with Crippen molar-refractivity contribution in [1.29, 1.82) is 0 Å². The summed E-state index contributed by atoms with van der Waals surface area (Å²) in [6.07, 6.45) is -0.0195. The van der Waals surface area contributed by atoms with E-state index in [4.69, 9.17) is 5.21 Å². The Kier molecular flexibility index (Phi) is 8.52. The molecule has 0 aliphatic carbocycles. The summed E-state index contributed by atoms with van der Waals surface area (Å²) in [5.74, 6) is -2.99. The average molecular weight is 394 g/mol. The van der Waals surface area contributed by atoms with Gasteiger partial charge in [-0.1, -0.05) is 40.7 Å². The Morgan fingerprint density at radius 2 is 1.75 bits per heavy atom. The quantitative estimate of drug-likeness (QED) is 0.330. The number of carbonyl (C=O) groups excluding carboxylic acids is 3. The van der Waals surface area contributed by atoms with E-state index in [-0.39, 0.29) is 12.3 Å². The normalized spacial score (nSPS) is 14.7. The minimum absolute atomic E-state index is 0.00711. The van der Waals surface area contributed by atoms with Crippen LogP contribution >= 0.6 is 0 Å². The van der Waals surface area contributed by atoms with Crippen LogP contribution in [0.5, 0.6) is 0 Å². The number of aliphatic hydroxyl groups excluding tert-OH is 1. The van der Waals surface area contributed by atoms with Gasteiger partial charge < -0.3 is 15.7 Å². The third-order valence-electron chi connectivity index (χ3n) is 4.15. The lowest BCUT2D eigenvalue weighted by Crippen LogP contribution is -2.55. The van der Waals surface area contributed by atoms with Gasteiger partial charge >= 0.3 is 0 Å². The second kappa shape index (κ2) is 10.1. The number of amides is 3. The van der Waals surface area contributed by atoms with Crippen molar-refractivity contribution in [2.75, 3.05) is 5.32 Å². The van der Waals surface area contributed by atoms with E-state index in [1.165, 1.54) is 11.7 Å². The Bertz CT molecular complexity index is 673. The number of rotatable bonds is 8. The molecule has 1 aromatic rings. The van der Waals surface area contributed by atoms with Crippen LogP contribution in [-0.2, 0) is 14.4 Å². The summed E-state index contributed by atoms with van der Waals surface area (Å²) in [4.78, 5) is 41.2. The highest BCUT2D eigenvalue weighted by atomic mass is 16.5. The van der Waals surface area contributed by atoms with Gasteiger partial charge in [-0.05, 0) is 29.9 Å². The van der Waals surface area contributed by atoms with E-state index >= 15 is 0 Å². The monoisotopic (exact) mass is 394 g/mol. The van der Waals surface area contributed by atoms with Crippen LogP contribution in [0.25, 0.3) is 0 Å². The molecule has 9 heteroatoms. The van der Waals surface area contributed by atoms with Crippen LogP contribution in [0, 0.1) is 17.3 Å². The molecule has 2 unspecified atom stereocenters. The lowest BCUT2D eigenvalue weighted by Gasteiger charge is -2.32. The molecule has 156 valence electrons. The summed E-state index contributed by atoms with van der Waals surface area (Å²) < 4.78 is 0. The minimum atomic E-state index is -1.74. The topological polar surface area (TPSA) is 141 Å². The summed E-state index contributed by atoms with van der Waals surface area (Å²) in [5.41, 5.74) is 0.704. The van der Waals surface area contributed by atoms with E-state index in [0.29, 0.717) is 5.82 Å². The van der Waals surface area contributed by atoms with Crippen molar-refractivity contribution in [2.45, 2.75) is 53.2 Å². The fraction of sp³-hybridized carbons (Fsp3) is 0.579. The average Bonchev–Trinajstić information content (AvgIpc) is 2.62. The van der Waals surface area contributed by atoms with Gasteiger partial charge in [0.1, 0.15) is 18.0 Å². The molecule has 3 atom stereocenters. The van der Waals surface area contributed by atoms with Crippen LogP contribution in [0.2, 0.25) is 0 Å². The van der Waals surface area contributed by atoms with Gasteiger partial charge in [-0.15, -0.1) is 0 Å². The lowest BCUT2D eigenvalue weighted by atomic mass is 9.84. The largest absolute Gasteiger partial charge is 0.382 e. The molecular weight excluding hydrogens is 364 g/mol. The molecule has 9 nitrogen and oxygen atoms in total. The van der Waals surface area contributed by atoms with Crippen LogP contribution in [0.3, 0.4) is 0 Å². The molecule has 1 aromatic heterocycles. The highest BCUT2D eigenvalue weighted by Crippen LogP contribution is 2.23. The number of hydrogen-bond acceptors (Lipinski definition) is 6. The highest BCUT2D eigenvalue weighted by molar-refractivity contribution is 5.98. The predicted molar refractivity (Wildman–Crippen MR) is 103 cm³/mol. The Hall–Kier alpha value is -2.52. The van der Waals surface area contributed by atoms with Crippen molar-refractivity contribution >= 4 is 23.5 Å². The van der Waals surface area contributed by atoms with Gasteiger partial charge in [0, 0.05) is 6.20 Å². The van der Waals surface area contributed by atoms with Crippen molar-refractivity contribution in [3.8, 4) is 0 Å². The van der Waals surface area contributed by atoms with E-state index < -0.39 is 41.2 Å². The van der Waals surface area contributed by atoms with E-state index in [1.807, 2.05) is 13.8 Å². The van der Waals surface area contributed by atoms with Crippen LogP contribution in [0.1, 0.15) is 41.0 Å². The molecular formula is C19H30N4O5. The molecule has 0 saturated heterocycles. The fourth-order valence-corrected chi connectivity index (χ4v) is 2.70. The Morgan fingerprint density at radius 3 is 2.21 bits per heavy atom. The van der Waals surface area contributed by atoms with Gasteiger partial charge in [0.2, 0.25) is 11.8 Å². The molecule has 0 fully saturated rings. The standard InChI is InChI=1S/C19H30N4O5/c1-11(2)10-12(14(24)17(26)23-28)16(25)22-15(19(3,4)5)18(27)21-13-8-6-7-9-20-13/h6-9,11-12,14-15,24,28H,10H2,1-5H3,(H,22,25)(H,23,26)(H,20,21,27)/t12-,14?,15?/m1/s1. The zero-order valence-electron chi connectivity index (χ0n) is 16.9. The molecule has 0 radical (unpaired) electrons. The van der Waals surface area contributed by atoms with Crippen LogP contribution in [-0.4, -0.2) is 45.2 Å². The highest BCUT2D eigenvalue weighted by Gasteiger charge is 2.38. The third kappa shape index (κ3) is 6.90. The number of aromatic nitrogens is 1. The maximum Gasteiger partial charge on any atom is 0.272 e. The van der Waals surface area contributed by atoms with E-state index in [0.717, 1.165) is 0 Å². The molecule has 5 N–H and O–H groups in total. The van der Waals surface area contributed by atoms with Crippen molar-refractivity contribution in [2.24, 2.45) is 17.3 Å². The molecule has 28 heavy (non-hydrogen) atoms. The van der Waals surface area contributed by atoms with Crippen molar-refractivity contribution in [3.63, 3.8) is 0 Å². The van der Waals surface area contributed by atoms with Crippen LogP contribution in [0.15, 0.2) is 24.4 Å². The smallest absolute Gasteiger partial charge is 0.272 e. The lowest BCUT2D eigenvalue weighted by molar-refractivity contribution is -0.147. The first-order valence-electron chi connectivity index (χ1n) is 9.11. The minimum Gasteiger partial charge on any atom is -0.382 e. The number of aliphatic hydroxyl groups is 1. The van der Waals surface area contributed by atoms with Crippen molar-refractivity contribution in [3.05, 3.63) is 24.4 Å². The van der Waals surface area contributed by atoms with Gasteiger partial charge in [0.05, 0.1) is 5.92 Å². The maximum atomic E-state index is 12.8.